The Hall–Kier alpha value is -2.73. The third-order valence-corrected chi connectivity index (χ3v) is 3.25. The van der Waals surface area contributed by atoms with Gasteiger partial charge in [0.2, 0.25) is 11.7 Å². The number of pyridine rings is 1. The number of carbonyl (C=O) groups excluding carboxylic acids is 1. The van der Waals surface area contributed by atoms with E-state index in [0.29, 0.717) is 22.3 Å². The van der Waals surface area contributed by atoms with Gasteiger partial charge in [-0.25, -0.2) is 0 Å². The third kappa shape index (κ3) is 3.12. The van der Waals surface area contributed by atoms with Crippen molar-refractivity contribution in [3.05, 3.63) is 65.3 Å². The number of halogens is 1. The number of nitrogens with one attached hydrogen (secondary N) is 1. The standard InChI is InChI=1S/C15H11ClN4O2/c16-12-4-2-1-3-11(12)15(21)18-9-13-19-14(20-22-13)10-5-7-17-8-6-10/h1-8H,9H2,(H,18,21). The van der Waals surface area contributed by atoms with Crippen LogP contribution >= 0.6 is 11.6 Å². The highest BCUT2D eigenvalue weighted by molar-refractivity contribution is 6.33. The number of benzene rings is 1. The summed E-state index contributed by atoms with van der Waals surface area (Å²) in [5, 5.41) is 6.94. The lowest BCUT2D eigenvalue weighted by Crippen LogP contribution is -2.23. The summed E-state index contributed by atoms with van der Waals surface area (Å²) in [5.74, 6) is 0.464. The number of amides is 1. The number of nitrogens with zero attached hydrogens (tertiary/aromatic N) is 3. The molecular weight excluding hydrogens is 304 g/mol. The van der Waals surface area contributed by atoms with Gasteiger partial charge in [-0.3, -0.25) is 9.78 Å². The topological polar surface area (TPSA) is 80.9 Å². The molecule has 2 heterocycles. The largest absolute Gasteiger partial charge is 0.343 e. The van der Waals surface area contributed by atoms with Crippen LogP contribution in [0.1, 0.15) is 16.2 Å². The lowest BCUT2D eigenvalue weighted by Gasteiger charge is -2.03. The van der Waals surface area contributed by atoms with E-state index in [1.165, 1.54) is 0 Å². The molecule has 22 heavy (non-hydrogen) atoms. The fraction of sp³-hybridized carbons (Fsp3) is 0.0667. The van der Waals surface area contributed by atoms with E-state index in [2.05, 4.69) is 20.4 Å². The number of hydrogen-bond donors (Lipinski definition) is 1. The Kier molecular flexibility index (Phi) is 4.11. The van der Waals surface area contributed by atoms with Crippen LogP contribution in [0.5, 0.6) is 0 Å². The van der Waals surface area contributed by atoms with Gasteiger partial charge in [0.15, 0.2) is 0 Å². The Balaban J connectivity index is 1.67. The Morgan fingerprint density at radius 3 is 2.73 bits per heavy atom. The van der Waals surface area contributed by atoms with Crippen LogP contribution in [0.3, 0.4) is 0 Å². The fourth-order valence-corrected chi connectivity index (χ4v) is 2.06. The molecule has 6 nitrogen and oxygen atoms in total. The molecule has 1 N–H and O–H groups in total. The number of hydrogen-bond acceptors (Lipinski definition) is 5. The molecule has 0 aliphatic heterocycles. The smallest absolute Gasteiger partial charge is 0.253 e. The van der Waals surface area contributed by atoms with Crippen LogP contribution in [0.25, 0.3) is 11.4 Å². The minimum atomic E-state index is -0.297. The lowest BCUT2D eigenvalue weighted by atomic mass is 10.2. The van der Waals surface area contributed by atoms with Gasteiger partial charge < -0.3 is 9.84 Å². The summed E-state index contributed by atoms with van der Waals surface area (Å²) < 4.78 is 5.11. The monoisotopic (exact) mass is 314 g/mol. The summed E-state index contributed by atoms with van der Waals surface area (Å²) in [6, 6.07) is 10.4. The van der Waals surface area contributed by atoms with Crippen molar-refractivity contribution in [2.24, 2.45) is 0 Å². The summed E-state index contributed by atoms with van der Waals surface area (Å²) in [5.41, 5.74) is 1.19. The predicted octanol–water partition coefficient (Wildman–Crippen LogP) is 2.72. The quantitative estimate of drug-likeness (QED) is 0.800. The Labute approximate surface area is 131 Å². The van der Waals surface area contributed by atoms with Gasteiger partial charge in [0.05, 0.1) is 17.1 Å². The highest BCUT2D eigenvalue weighted by Crippen LogP contribution is 2.16. The molecule has 3 rings (SSSR count). The average molecular weight is 315 g/mol. The van der Waals surface area contributed by atoms with Gasteiger partial charge in [-0.1, -0.05) is 28.9 Å². The highest BCUT2D eigenvalue weighted by atomic mass is 35.5. The van der Waals surface area contributed by atoms with Crippen molar-refractivity contribution >= 4 is 17.5 Å². The molecule has 1 aromatic carbocycles. The van der Waals surface area contributed by atoms with E-state index in [9.17, 15) is 4.79 Å². The molecule has 0 spiro atoms. The SMILES string of the molecule is O=C(NCc1nc(-c2ccncc2)no1)c1ccccc1Cl. The molecule has 0 saturated carbocycles. The molecule has 0 saturated heterocycles. The summed E-state index contributed by atoms with van der Waals surface area (Å²) in [6.45, 7) is 0.127. The zero-order valence-corrected chi connectivity index (χ0v) is 12.1. The van der Waals surface area contributed by atoms with Gasteiger partial charge >= 0.3 is 0 Å². The van der Waals surface area contributed by atoms with Crippen LogP contribution in [0.15, 0.2) is 53.3 Å². The third-order valence-electron chi connectivity index (χ3n) is 2.93. The van der Waals surface area contributed by atoms with E-state index in [1.807, 2.05) is 0 Å². The molecular formula is C15H11ClN4O2. The molecule has 1 amide bonds. The number of carbonyl (C=O) groups is 1. The van der Waals surface area contributed by atoms with Gasteiger partial charge in [-0.2, -0.15) is 4.98 Å². The molecule has 0 radical (unpaired) electrons. The van der Waals surface area contributed by atoms with E-state index >= 15 is 0 Å². The maximum atomic E-state index is 12.0. The van der Waals surface area contributed by atoms with Gasteiger partial charge in [-0.05, 0) is 24.3 Å². The van der Waals surface area contributed by atoms with E-state index in [-0.39, 0.29) is 12.5 Å². The summed E-state index contributed by atoms with van der Waals surface area (Å²) in [7, 11) is 0. The lowest BCUT2D eigenvalue weighted by molar-refractivity contribution is 0.0946. The normalized spacial score (nSPS) is 10.4. The van der Waals surface area contributed by atoms with Crippen LogP contribution in [0.4, 0.5) is 0 Å². The summed E-state index contributed by atoms with van der Waals surface area (Å²) in [6.07, 6.45) is 3.29. The molecule has 7 heteroatoms. The first-order valence-corrected chi connectivity index (χ1v) is 6.87. The minimum Gasteiger partial charge on any atom is -0.343 e. The molecule has 110 valence electrons. The molecule has 0 fully saturated rings. The van der Waals surface area contributed by atoms with Crippen molar-refractivity contribution in [3.63, 3.8) is 0 Å². The van der Waals surface area contributed by atoms with Gasteiger partial charge in [-0.15, -0.1) is 0 Å². The zero-order chi connectivity index (χ0) is 15.4. The summed E-state index contributed by atoms with van der Waals surface area (Å²) >= 11 is 5.97. The highest BCUT2D eigenvalue weighted by Gasteiger charge is 2.12. The van der Waals surface area contributed by atoms with Crippen molar-refractivity contribution in [1.82, 2.24) is 20.4 Å². The molecule has 0 bridgehead atoms. The van der Waals surface area contributed by atoms with Crippen molar-refractivity contribution < 1.29 is 9.32 Å². The van der Waals surface area contributed by atoms with Gasteiger partial charge in [0, 0.05) is 18.0 Å². The maximum Gasteiger partial charge on any atom is 0.253 e. The molecule has 3 aromatic rings. The minimum absolute atomic E-state index is 0.127. The Morgan fingerprint density at radius 1 is 1.18 bits per heavy atom. The summed E-state index contributed by atoms with van der Waals surface area (Å²) in [4.78, 5) is 20.2. The van der Waals surface area contributed by atoms with E-state index in [0.717, 1.165) is 5.56 Å². The second kappa shape index (κ2) is 6.36. The first kappa shape index (κ1) is 14.2. The molecule has 0 aliphatic rings. The Bertz CT molecular complexity index is 789. The number of rotatable bonds is 4. The molecule has 0 unspecified atom stereocenters. The van der Waals surface area contributed by atoms with E-state index in [1.54, 1.807) is 48.8 Å². The first-order valence-electron chi connectivity index (χ1n) is 6.50. The molecule has 0 atom stereocenters. The predicted molar refractivity (Wildman–Crippen MR) is 80.2 cm³/mol. The van der Waals surface area contributed by atoms with Crippen molar-refractivity contribution in [3.8, 4) is 11.4 Å². The van der Waals surface area contributed by atoms with Gasteiger partial charge in [0.25, 0.3) is 5.91 Å². The maximum absolute atomic E-state index is 12.0. The van der Waals surface area contributed by atoms with Crippen LogP contribution in [-0.4, -0.2) is 21.0 Å². The fourth-order valence-electron chi connectivity index (χ4n) is 1.84. The van der Waals surface area contributed by atoms with E-state index in [4.69, 9.17) is 16.1 Å². The first-order chi connectivity index (χ1) is 10.7. The van der Waals surface area contributed by atoms with Crippen molar-refractivity contribution in [1.29, 1.82) is 0 Å². The van der Waals surface area contributed by atoms with Crippen molar-refractivity contribution in [2.75, 3.05) is 0 Å². The second-order valence-corrected chi connectivity index (χ2v) is 4.82. The zero-order valence-electron chi connectivity index (χ0n) is 11.4. The molecule has 0 aliphatic carbocycles. The van der Waals surface area contributed by atoms with Crippen LogP contribution in [0.2, 0.25) is 5.02 Å². The van der Waals surface area contributed by atoms with Crippen molar-refractivity contribution in [2.45, 2.75) is 6.54 Å². The second-order valence-electron chi connectivity index (χ2n) is 4.41. The Morgan fingerprint density at radius 2 is 1.95 bits per heavy atom. The molecule has 2 aromatic heterocycles. The van der Waals surface area contributed by atoms with Crippen LogP contribution in [-0.2, 0) is 6.54 Å². The van der Waals surface area contributed by atoms with Crippen LogP contribution < -0.4 is 5.32 Å². The van der Waals surface area contributed by atoms with Gasteiger partial charge in [0.1, 0.15) is 0 Å². The van der Waals surface area contributed by atoms with Crippen LogP contribution in [0, 0.1) is 0 Å². The number of aromatic nitrogens is 3. The van der Waals surface area contributed by atoms with E-state index < -0.39 is 0 Å². The average Bonchev–Trinajstić information content (AvgIpc) is 3.03.